The zero-order valence-electron chi connectivity index (χ0n) is 14.9. The van der Waals surface area contributed by atoms with Crippen LogP contribution in [0.25, 0.3) is 5.57 Å². The van der Waals surface area contributed by atoms with Gasteiger partial charge in [0, 0.05) is 17.8 Å². The molecular formula is C21H27NOS. The van der Waals surface area contributed by atoms with Gasteiger partial charge in [-0.05, 0) is 60.1 Å². The summed E-state index contributed by atoms with van der Waals surface area (Å²) in [6.45, 7) is 6.61. The van der Waals surface area contributed by atoms with Crippen LogP contribution in [-0.4, -0.2) is 30.1 Å². The first kappa shape index (κ1) is 17.4. The molecule has 1 aromatic heterocycles. The summed E-state index contributed by atoms with van der Waals surface area (Å²) < 4.78 is 0. The van der Waals surface area contributed by atoms with Crippen molar-refractivity contribution < 1.29 is 5.11 Å². The van der Waals surface area contributed by atoms with Crippen LogP contribution in [0.5, 0.6) is 0 Å². The molecule has 0 saturated carbocycles. The topological polar surface area (TPSA) is 23.5 Å². The molecule has 0 amide bonds. The molecule has 1 unspecified atom stereocenters. The highest BCUT2D eigenvalue weighted by atomic mass is 32.1. The van der Waals surface area contributed by atoms with Crippen molar-refractivity contribution in [1.29, 1.82) is 0 Å². The number of aliphatic hydroxyl groups is 1. The van der Waals surface area contributed by atoms with Gasteiger partial charge in [0.25, 0.3) is 0 Å². The van der Waals surface area contributed by atoms with Crippen molar-refractivity contribution in [2.24, 2.45) is 0 Å². The van der Waals surface area contributed by atoms with Crippen molar-refractivity contribution in [2.45, 2.75) is 39.2 Å². The predicted molar refractivity (Wildman–Crippen MR) is 104 cm³/mol. The summed E-state index contributed by atoms with van der Waals surface area (Å²) in [5.74, 6) is 0. The highest BCUT2D eigenvalue weighted by Gasteiger charge is 2.26. The van der Waals surface area contributed by atoms with Gasteiger partial charge in [0.1, 0.15) is 0 Å². The van der Waals surface area contributed by atoms with Gasteiger partial charge in [0.2, 0.25) is 0 Å². The molecule has 0 fully saturated rings. The summed E-state index contributed by atoms with van der Waals surface area (Å²) in [7, 11) is 2.18. The second-order valence-electron chi connectivity index (χ2n) is 6.55. The molecule has 1 heterocycles. The lowest BCUT2D eigenvalue weighted by molar-refractivity contribution is 0.182. The number of aliphatic hydroxyl groups excluding tert-OH is 1. The van der Waals surface area contributed by atoms with Crippen LogP contribution >= 0.6 is 11.3 Å². The molecule has 24 heavy (non-hydrogen) atoms. The van der Waals surface area contributed by atoms with Crippen molar-refractivity contribution in [3.63, 3.8) is 0 Å². The molecule has 1 aliphatic carbocycles. The second kappa shape index (κ2) is 7.64. The zero-order chi connectivity index (χ0) is 17.1. The molecule has 0 bridgehead atoms. The Balaban J connectivity index is 2.14. The van der Waals surface area contributed by atoms with E-state index >= 15 is 0 Å². The summed E-state index contributed by atoms with van der Waals surface area (Å²) in [6.07, 6.45) is 2.44. The van der Waals surface area contributed by atoms with Crippen LogP contribution in [0, 0.1) is 0 Å². The zero-order valence-corrected chi connectivity index (χ0v) is 15.7. The van der Waals surface area contributed by atoms with E-state index in [9.17, 15) is 5.11 Å². The molecule has 0 radical (unpaired) electrons. The minimum absolute atomic E-state index is 0.393. The number of thiophene rings is 1. The third-order valence-corrected chi connectivity index (χ3v) is 6.10. The minimum Gasteiger partial charge on any atom is -0.387 e. The number of hydrogen-bond acceptors (Lipinski definition) is 3. The standard InChI is InChI=1S/C21H27NOS/c1-4-15(10-12-22(3)5-2)20-17-9-7-6-8-16(17)14-19(23)21-18(20)11-13-24-21/h6-9,11,13,19,23H,4-5,10,12,14H2,1-3H3/b20-15-. The fourth-order valence-corrected chi connectivity index (χ4v) is 4.41. The van der Waals surface area contributed by atoms with Crippen molar-refractivity contribution in [2.75, 3.05) is 20.1 Å². The summed E-state index contributed by atoms with van der Waals surface area (Å²) in [4.78, 5) is 3.48. The first-order chi connectivity index (χ1) is 11.7. The fraction of sp³-hybridized carbons (Fsp3) is 0.429. The van der Waals surface area contributed by atoms with Gasteiger partial charge in [-0.25, -0.2) is 0 Å². The summed E-state index contributed by atoms with van der Waals surface area (Å²) in [5, 5.41) is 12.8. The lowest BCUT2D eigenvalue weighted by atomic mass is 9.89. The summed E-state index contributed by atoms with van der Waals surface area (Å²) in [5.41, 5.74) is 6.68. The van der Waals surface area contributed by atoms with E-state index < -0.39 is 6.10 Å². The molecule has 1 aliphatic rings. The second-order valence-corrected chi connectivity index (χ2v) is 7.50. The van der Waals surface area contributed by atoms with Gasteiger partial charge in [-0.1, -0.05) is 43.7 Å². The van der Waals surface area contributed by atoms with Crippen LogP contribution in [0.2, 0.25) is 0 Å². The first-order valence-corrected chi connectivity index (χ1v) is 9.78. The molecule has 0 spiro atoms. The average molecular weight is 342 g/mol. The Bertz CT molecular complexity index is 731. The van der Waals surface area contributed by atoms with E-state index in [1.54, 1.807) is 11.3 Å². The van der Waals surface area contributed by atoms with Crippen LogP contribution < -0.4 is 0 Å². The van der Waals surface area contributed by atoms with E-state index in [1.807, 2.05) is 0 Å². The third-order valence-electron chi connectivity index (χ3n) is 5.08. The maximum Gasteiger partial charge on any atom is 0.0928 e. The van der Waals surface area contributed by atoms with E-state index in [1.165, 1.54) is 27.8 Å². The molecule has 0 aliphatic heterocycles. The fourth-order valence-electron chi connectivity index (χ4n) is 3.52. The largest absolute Gasteiger partial charge is 0.387 e. The lowest BCUT2D eigenvalue weighted by Gasteiger charge is -2.19. The molecule has 1 aromatic carbocycles. The Hall–Kier alpha value is -1.42. The summed E-state index contributed by atoms with van der Waals surface area (Å²) in [6, 6.07) is 10.8. The maximum absolute atomic E-state index is 10.7. The lowest BCUT2D eigenvalue weighted by Crippen LogP contribution is -2.19. The monoisotopic (exact) mass is 341 g/mol. The minimum atomic E-state index is -0.393. The quantitative estimate of drug-likeness (QED) is 0.837. The molecule has 128 valence electrons. The van der Waals surface area contributed by atoms with E-state index in [-0.39, 0.29) is 0 Å². The van der Waals surface area contributed by atoms with Crippen molar-refractivity contribution >= 4 is 16.9 Å². The predicted octanol–water partition coefficient (Wildman–Crippen LogP) is 4.89. The molecule has 1 N–H and O–H groups in total. The van der Waals surface area contributed by atoms with Gasteiger partial charge >= 0.3 is 0 Å². The molecular weight excluding hydrogens is 314 g/mol. The third kappa shape index (κ3) is 3.34. The van der Waals surface area contributed by atoms with E-state index in [4.69, 9.17) is 0 Å². The highest BCUT2D eigenvalue weighted by Crippen LogP contribution is 2.42. The Kier molecular flexibility index (Phi) is 5.54. The molecule has 2 aromatic rings. The number of nitrogens with zero attached hydrogens (tertiary/aromatic N) is 1. The first-order valence-electron chi connectivity index (χ1n) is 8.90. The van der Waals surface area contributed by atoms with Gasteiger partial charge in [0.15, 0.2) is 0 Å². The molecule has 3 rings (SSSR count). The normalized spacial score (nSPS) is 19.0. The van der Waals surface area contributed by atoms with Crippen LogP contribution in [0.1, 0.15) is 54.4 Å². The number of rotatable bonds is 5. The van der Waals surface area contributed by atoms with Crippen LogP contribution in [0.3, 0.4) is 0 Å². The Morgan fingerprint density at radius 3 is 2.75 bits per heavy atom. The van der Waals surface area contributed by atoms with Crippen molar-refractivity contribution in [3.8, 4) is 0 Å². The van der Waals surface area contributed by atoms with Crippen LogP contribution in [-0.2, 0) is 6.42 Å². The molecule has 1 atom stereocenters. The molecule has 2 nitrogen and oxygen atoms in total. The Morgan fingerprint density at radius 1 is 1.21 bits per heavy atom. The van der Waals surface area contributed by atoms with Crippen molar-refractivity contribution in [1.82, 2.24) is 4.90 Å². The van der Waals surface area contributed by atoms with Crippen molar-refractivity contribution in [3.05, 3.63) is 62.9 Å². The van der Waals surface area contributed by atoms with Crippen LogP contribution in [0.4, 0.5) is 0 Å². The van der Waals surface area contributed by atoms with Gasteiger partial charge in [-0.3, -0.25) is 0 Å². The average Bonchev–Trinajstić information content (AvgIpc) is 3.04. The van der Waals surface area contributed by atoms with Crippen LogP contribution in [0.15, 0.2) is 41.3 Å². The Labute approximate surface area is 149 Å². The number of hydrogen-bond donors (Lipinski definition) is 1. The number of benzene rings is 1. The SMILES string of the molecule is CC/C(CCN(C)CC)=C1\c2ccccc2CC(O)c2sccc21. The maximum atomic E-state index is 10.7. The van der Waals surface area contributed by atoms with Gasteiger partial charge < -0.3 is 10.0 Å². The smallest absolute Gasteiger partial charge is 0.0928 e. The number of fused-ring (bicyclic) bond motifs is 2. The Morgan fingerprint density at radius 2 is 2.00 bits per heavy atom. The molecule has 0 saturated heterocycles. The van der Waals surface area contributed by atoms with Gasteiger partial charge in [0.05, 0.1) is 6.10 Å². The summed E-state index contributed by atoms with van der Waals surface area (Å²) >= 11 is 1.68. The molecule has 3 heteroatoms. The van der Waals surface area contributed by atoms with Gasteiger partial charge in [-0.2, -0.15) is 0 Å². The van der Waals surface area contributed by atoms with Gasteiger partial charge in [-0.15, -0.1) is 11.3 Å². The van der Waals surface area contributed by atoms with E-state index in [2.05, 4.69) is 61.5 Å². The van der Waals surface area contributed by atoms with E-state index in [0.717, 1.165) is 30.8 Å². The highest BCUT2D eigenvalue weighted by molar-refractivity contribution is 7.10. The van der Waals surface area contributed by atoms with E-state index in [0.29, 0.717) is 6.42 Å².